The fourth-order valence-corrected chi connectivity index (χ4v) is 3.23. The highest BCUT2D eigenvalue weighted by Crippen LogP contribution is 2.16. The van der Waals surface area contributed by atoms with Gasteiger partial charge in [-0.1, -0.05) is 38.7 Å². The molecule has 2 aromatic rings. The molecule has 144 valence electrons. The Morgan fingerprint density at radius 3 is 2.44 bits per heavy atom. The Bertz CT molecular complexity index is 743. The Kier molecular flexibility index (Phi) is 9.31. The third-order valence-electron chi connectivity index (χ3n) is 4.16. The number of amides is 1. The molecule has 0 bridgehead atoms. The molecule has 0 saturated carbocycles. The van der Waals surface area contributed by atoms with E-state index in [4.69, 9.17) is 4.74 Å². The first kappa shape index (κ1) is 21.4. The fourth-order valence-electron chi connectivity index (χ4n) is 2.68. The van der Waals surface area contributed by atoms with Gasteiger partial charge in [0.05, 0.1) is 0 Å². The van der Waals surface area contributed by atoms with Crippen LogP contribution in [-0.4, -0.2) is 18.3 Å². The average molecular weight is 479 g/mol. The van der Waals surface area contributed by atoms with Gasteiger partial charge in [-0.2, -0.15) is 0 Å². The van der Waals surface area contributed by atoms with E-state index in [1.54, 1.807) is 24.3 Å². The van der Waals surface area contributed by atoms with Gasteiger partial charge in [0.1, 0.15) is 5.75 Å². The second-order valence-electron chi connectivity index (χ2n) is 6.46. The van der Waals surface area contributed by atoms with Gasteiger partial charge >= 0.3 is 0 Å². The van der Waals surface area contributed by atoms with Gasteiger partial charge in [0.2, 0.25) is 0 Å². The maximum absolute atomic E-state index is 12.2. The van der Waals surface area contributed by atoms with Gasteiger partial charge in [-0.05, 0) is 71.5 Å². The highest BCUT2D eigenvalue weighted by Gasteiger charge is 2.07. The van der Waals surface area contributed by atoms with Crippen LogP contribution in [-0.2, 0) is 4.79 Å². The van der Waals surface area contributed by atoms with Crippen LogP contribution < -0.4 is 10.1 Å². The number of unbranched alkanes of at least 4 members (excludes halogenated alkanes) is 4. The number of ketones is 1. The predicted molar refractivity (Wildman–Crippen MR) is 117 cm³/mol. The van der Waals surface area contributed by atoms with Crippen molar-refractivity contribution in [3.63, 3.8) is 0 Å². The molecule has 0 atom stereocenters. The van der Waals surface area contributed by atoms with Crippen LogP contribution >= 0.6 is 22.6 Å². The van der Waals surface area contributed by atoms with Gasteiger partial charge in [0.25, 0.3) is 5.91 Å². The lowest BCUT2D eigenvalue weighted by Crippen LogP contribution is -2.20. The molecule has 27 heavy (non-hydrogen) atoms. The number of rotatable bonds is 11. The van der Waals surface area contributed by atoms with E-state index in [1.807, 2.05) is 24.3 Å². The summed E-state index contributed by atoms with van der Waals surface area (Å²) in [7, 11) is 0. The molecule has 2 aromatic carbocycles. The van der Waals surface area contributed by atoms with Crippen molar-refractivity contribution in [2.75, 3.05) is 11.9 Å². The minimum Gasteiger partial charge on any atom is -0.484 e. The Labute approximate surface area is 174 Å². The molecule has 0 spiro atoms. The summed E-state index contributed by atoms with van der Waals surface area (Å²) in [5.74, 6) is 0.519. The van der Waals surface area contributed by atoms with Crippen molar-refractivity contribution in [3.8, 4) is 5.75 Å². The second-order valence-corrected chi connectivity index (χ2v) is 7.70. The van der Waals surface area contributed by atoms with Gasteiger partial charge in [0, 0.05) is 21.2 Å². The molecule has 2 rings (SSSR count). The smallest absolute Gasteiger partial charge is 0.262 e. The van der Waals surface area contributed by atoms with Crippen LogP contribution in [0.15, 0.2) is 48.5 Å². The molecule has 0 heterocycles. The lowest BCUT2D eigenvalue weighted by molar-refractivity contribution is -0.118. The van der Waals surface area contributed by atoms with E-state index in [1.165, 1.54) is 19.3 Å². The van der Waals surface area contributed by atoms with Crippen LogP contribution in [0.25, 0.3) is 0 Å². The van der Waals surface area contributed by atoms with E-state index in [-0.39, 0.29) is 18.3 Å². The van der Waals surface area contributed by atoms with Crippen LogP contribution in [0, 0.1) is 3.57 Å². The van der Waals surface area contributed by atoms with Gasteiger partial charge < -0.3 is 10.1 Å². The summed E-state index contributed by atoms with van der Waals surface area (Å²) < 4.78 is 6.56. The van der Waals surface area contributed by atoms with Crippen LogP contribution in [0.5, 0.6) is 5.75 Å². The standard InChI is InChI=1S/C22H26INO3/c1-2-3-4-5-6-10-21(25)17-11-13-20(14-12-17)27-16-22(26)24-19-9-7-8-18(23)15-19/h7-9,11-15H,2-6,10,16H2,1H3,(H,24,26). The number of Topliss-reactive ketones (excluding diaryl/α,β-unsaturated/α-hetero) is 1. The van der Waals surface area contributed by atoms with Crippen LogP contribution in [0.2, 0.25) is 0 Å². The molecule has 0 fully saturated rings. The van der Waals surface area contributed by atoms with E-state index in [2.05, 4.69) is 34.8 Å². The summed E-state index contributed by atoms with van der Waals surface area (Å²) in [6.45, 7) is 2.11. The first-order chi connectivity index (χ1) is 13.1. The first-order valence-electron chi connectivity index (χ1n) is 9.40. The second kappa shape index (κ2) is 11.7. The molecule has 0 aliphatic rings. The van der Waals surface area contributed by atoms with Crippen LogP contribution in [0.3, 0.4) is 0 Å². The largest absolute Gasteiger partial charge is 0.484 e. The van der Waals surface area contributed by atoms with Gasteiger partial charge in [-0.3, -0.25) is 9.59 Å². The average Bonchev–Trinajstić information content (AvgIpc) is 2.66. The summed E-state index contributed by atoms with van der Waals surface area (Å²) in [5, 5.41) is 2.80. The number of hydrogen-bond donors (Lipinski definition) is 1. The minimum atomic E-state index is -0.218. The van der Waals surface area contributed by atoms with Crippen molar-refractivity contribution in [2.24, 2.45) is 0 Å². The third-order valence-corrected chi connectivity index (χ3v) is 4.83. The Morgan fingerprint density at radius 1 is 1.00 bits per heavy atom. The van der Waals surface area contributed by atoms with Crippen LogP contribution in [0.4, 0.5) is 5.69 Å². The quantitative estimate of drug-likeness (QED) is 0.250. The number of ether oxygens (including phenoxy) is 1. The third kappa shape index (κ3) is 8.12. The summed E-state index contributed by atoms with van der Waals surface area (Å²) >= 11 is 2.19. The molecule has 0 aromatic heterocycles. The van der Waals surface area contributed by atoms with Gasteiger partial charge in [-0.15, -0.1) is 0 Å². The molecule has 0 aliphatic heterocycles. The van der Waals surface area contributed by atoms with E-state index < -0.39 is 0 Å². The summed E-state index contributed by atoms with van der Waals surface area (Å²) in [6, 6.07) is 14.6. The molecular formula is C22H26INO3. The zero-order valence-corrected chi connectivity index (χ0v) is 17.8. The fraction of sp³-hybridized carbons (Fsp3) is 0.364. The zero-order valence-electron chi connectivity index (χ0n) is 15.7. The number of hydrogen-bond acceptors (Lipinski definition) is 3. The minimum absolute atomic E-state index is 0.0732. The zero-order chi connectivity index (χ0) is 19.5. The van der Waals surface area contributed by atoms with Gasteiger partial charge in [-0.25, -0.2) is 0 Å². The highest BCUT2D eigenvalue weighted by atomic mass is 127. The van der Waals surface area contributed by atoms with Crippen molar-refractivity contribution >= 4 is 40.0 Å². The Hall–Kier alpha value is -1.89. The molecule has 1 N–H and O–H groups in total. The summed E-state index contributed by atoms with van der Waals surface area (Å²) in [5.41, 5.74) is 1.44. The topological polar surface area (TPSA) is 55.4 Å². The maximum atomic E-state index is 12.2. The number of benzene rings is 2. The van der Waals surface area contributed by atoms with E-state index >= 15 is 0 Å². The number of anilines is 1. The summed E-state index contributed by atoms with van der Waals surface area (Å²) in [4.78, 5) is 24.2. The van der Waals surface area contributed by atoms with E-state index in [0.29, 0.717) is 17.7 Å². The number of carbonyl (C=O) groups excluding carboxylic acids is 2. The Morgan fingerprint density at radius 2 is 1.74 bits per heavy atom. The first-order valence-corrected chi connectivity index (χ1v) is 10.5. The number of nitrogens with one attached hydrogen (secondary N) is 1. The van der Waals surface area contributed by atoms with E-state index in [0.717, 1.165) is 22.1 Å². The van der Waals surface area contributed by atoms with Crippen molar-refractivity contribution in [1.82, 2.24) is 0 Å². The number of carbonyl (C=O) groups is 2. The summed E-state index contributed by atoms with van der Waals surface area (Å²) in [6.07, 6.45) is 6.27. The lowest BCUT2D eigenvalue weighted by Gasteiger charge is -2.08. The molecule has 0 saturated heterocycles. The molecule has 1 amide bonds. The molecule has 0 aliphatic carbocycles. The van der Waals surface area contributed by atoms with Crippen LogP contribution in [0.1, 0.15) is 55.8 Å². The SMILES string of the molecule is CCCCCCCC(=O)c1ccc(OCC(=O)Nc2cccc(I)c2)cc1. The highest BCUT2D eigenvalue weighted by molar-refractivity contribution is 14.1. The maximum Gasteiger partial charge on any atom is 0.262 e. The monoisotopic (exact) mass is 479 g/mol. The predicted octanol–water partition coefficient (Wildman–Crippen LogP) is 5.85. The molecule has 0 radical (unpaired) electrons. The molecule has 4 nitrogen and oxygen atoms in total. The molecule has 5 heteroatoms. The molecule has 0 unspecified atom stereocenters. The Balaban J connectivity index is 1.74. The van der Waals surface area contributed by atoms with Crippen molar-refractivity contribution < 1.29 is 14.3 Å². The van der Waals surface area contributed by atoms with Crippen molar-refractivity contribution in [2.45, 2.75) is 45.4 Å². The normalized spacial score (nSPS) is 10.4. The lowest BCUT2D eigenvalue weighted by atomic mass is 10.0. The van der Waals surface area contributed by atoms with E-state index in [9.17, 15) is 9.59 Å². The van der Waals surface area contributed by atoms with Crippen molar-refractivity contribution in [1.29, 1.82) is 0 Å². The van der Waals surface area contributed by atoms with Crippen molar-refractivity contribution in [3.05, 3.63) is 57.7 Å². The van der Waals surface area contributed by atoms with Gasteiger partial charge in [0.15, 0.2) is 12.4 Å². The molecular weight excluding hydrogens is 453 g/mol. The number of halogens is 1.